The fourth-order valence-corrected chi connectivity index (χ4v) is 3.75. The second-order valence-electron chi connectivity index (χ2n) is 7.90. The van der Waals surface area contributed by atoms with E-state index in [2.05, 4.69) is 10.5 Å². The zero-order valence-corrected chi connectivity index (χ0v) is 17.3. The van der Waals surface area contributed by atoms with Gasteiger partial charge in [0.05, 0.1) is 0 Å². The topological polar surface area (TPSA) is 84.7 Å². The zero-order valence-electron chi connectivity index (χ0n) is 16.5. The summed E-state index contributed by atoms with van der Waals surface area (Å²) < 4.78 is 10.9. The summed E-state index contributed by atoms with van der Waals surface area (Å²) >= 11 is 6.17. The lowest BCUT2D eigenvalue weighted by Crippen LogP contribution is -2.32. The van der Waals surface area contributed by atoms with Gasteiger partial charge >= 0.3 is 0 Å². The summed E-state index contributed by atoms with van der Waals surface area (Å²) in [6, 6.07) is 5.70. The van der Waals surface area contributed by atoms with E-state index in [1.54, 1.807) is 6.07 Å². The van der Waals surface area contributed by atoms with Gasteiger partial charge in [-0.2, -0.15) is 0 Å². The van der Waals surface area contributed by atoms with Crippen molar-refractivity contribution in [3.05, 3.63) is 45.8 Å². The molecule has 0 unspecified atom stereocenters. The molecule has 8 heteroatoms. The summed E-state index contributed by atoms with van der Waals surface area (Å²) in [7, 11) is 0. The smallest absolute Gasteiger partial charge is 0.273 e. The molecule has 0 spiro atoms. The Hall–Kier alpha value is -2.54. The van der Waals surface area contributed by atoms with Crippen molar-refractivity contribution in [3.8, 4) is 5.75 Å². The maximum absolute atomic E-state index is 12.3. The van der Waals surface area contributed by atoms with Crippen LogP contribution >= 0.6 is 11.6 Å². The van der Waals surface area contributed by atoms with E-state index in [9.17, 15) is 9.59 Å². The number of carbonyl (C=O) groups excluding carboxylic acids is 2. The van der Waals surface area contributed by atoms with E-state index >= 15 is 0 Å². The summed E-state index contributed by atoms with van der Waals surface area (Å²) in [4.78, 5) is 26.3. The molecule has 1 saturated heterocycles. The van der Waals surface area contributed by atoms with Gasteiger partial charge in [-0.15, -0.1) is 0 Å². The normalized spacial score (nSPS) is 18.9. The quantitative estimate of drug-likeness (QED) is 0.747. The Kier molecular flexibility index (Phi) is 5.50. The number of halogens is 1. The van der Waals surface area contributed by atoms with Crippen molar-refractivity contribution in [2.45, 2.75) is 45.8 Å². The Morgan fingerprint density at radius 2 is 2.03 bits per heavy atom. The Bertz CT molecular complexity index is 915. The van der Waals surface area contributed by atoms with Crippen LogP contribution in [0.3, 0.4) is 0 Å². The number of aryl methyl sites for hydroxylation is 2. The number of hydrogen-bond donors (Lipinski definition) is 1. The second-order valence-corrected chi connectivity index (χ2v) is 8.27. The molecule has 1 N–H and O–H groups in total. The first-order chi connectivity index (χ1) is 13.9. The largest absolute Gasteiger partial charge is 0.486 e. The molecule has 1 atom stereocenters. The lowest BCUT2D eigenvalue weighted by Gasteiger charge is -2.15. The molecule has 1 saturated carbocycles. The third-order valence-corrected chi connectivity index (χ3v) is 5.96. The van der Waals surface area contributed by atoms with Crippen molar-refractivity contribution in [1.82, 2.24) is 15.4 Å². The Morgan fingerprint density at radius 1 is 1.31 bits per heavy atom. The molecular formula is C21H24ClN3O4. The first-order valence-corrected chi connectivity index (χ1v) is 10.2. The molecule has 2 heterocycles. The van der Waals surface area contributed by atoms with E-state index < -0.39 is 0 Å². The number of likely N-dealkylation sites (tertiary alicyclic amines) is 1. The van der Waals surface area contributed by atoms with Gasteiger partial charge in [0.2, 0.25) is 5.91 Å². The van der Waals surface area contributed by atoms with Gasteiger partial charge in [0, 0.05) is 42.6 Å². The van der Waals surface area contributed by atoms with E-state index in [0.29, 0.717) is 30.5 Å². The van der Waals surface area contributed by atoms with Crippen molar-refractivity contribution in [3.63, 3.8) is 0 Å². The first kappa shape index (κ1) is 19.8. The third-order valence-electron chi connectivity index (χ3n) is 5.36. The highest BCUT2D eigenvalue weighted by Gasteiger charge is 2.39. The van der Waals surface area contributed by atoms with Crippen molar-refractivity contribution in [1.29, 1.82) is 0 Å². The van der Waals surface area contributed by atoms with Crippen LogP contribution in [0.15, 0.2) is 22.7 Å². The van der Waals surface area contributed by atoms with Gasteiger partial charge in [-0.25, -0.2) is 0 Å². The predicted octanol–water partition coefficient (Wildman–Crippen LogP) is 3.26. The summed E-state index contributed by atoms with van der Waals surface area (Å²) in [5.74, 6) is 1.17. The average Bonchev–Trinajstić information content (AvgIpc) is 3.30. The van der Waals surface area contributed by atoms with E-state index in [1.165, 1.54) is 0 Å². The Balaban J connectivity index is 1.27. The lowest BCUT2D eigenvalue weighted by atomic mass is 10.1. The summed E-state index contributed by atoms with van der Waals surface area (Å²) in [6.07, 6.45) is 2.70. The lowest BCUT2D eigenvalue weighted by molar-refractivity contribution is -0.128. The molecular weight excluding hydrogens is 394 g/mol. The highest BCUT2D eigenvalue weighted by atomic mass is 35.5. The van der Waals surface area contributed by atoms with Gasteiger partial charge in [0.15, 0.2) is 11.5 Å². The number of amides is 2. The van der Waals surface area contributed by atoms with E-state index in [1.807, 2.05) is 30.9 Å². The van der Waals surface area contributed by atoms with Crippen LogP contribution in [-0.4, -0.2) is 41.0 Å². The fraction of sp³-hybridized carbons (Fsp3) is 0.476. The highest BCUT2D eigenvalue weighted by molar-refractivity contribution is 6.32. The molecule has 1 aromatic heterocycles. The van der Waals surface area contributed by atoms with Crippen LogP contribution in [0.4, 0.5) is 0 Å². The van der Waals surface area contributed by atoms with E-state index in [-0.39, 0.29) is 30.0 Å². The van der Waals surface area contributed by atoms with Gasteiger partial charge in [0.1, 0.15) is 12.4 Å². The molecule has 1 aromatic carbocycles. The second kappa shape index (κ2) is 8.06. The molecule has 1 aliphatic heterocycles. The van der Waals surface area contributed by atoms with E-state index in [0.717, 1.165) is 35.5 Å². The predicted molar refractivity (Wildman–Crippen MR) is 107 cm³/mol. The Morgan fingerprint density at radius 3 is 2.72 bits per heavy atom. The van der Waals surface area contributed by atoms with Gasteiger partial charge in [0.25, 0.3) is 5.91 Å². The number of ether oxygens (including phenoxy) is 1. The Labute approximate surface area is 174 Å². The monoisotopic (exact) mass is 417 g/mol. The maximum Gasteiger partial charge on any atom is 0.273 e. The number of carbonyl (C=O) groups is 2. The zero-order chi connectivity index (χ0) is 20.5. The fourth-order valence-electron chi connectivity index (χ4n) is 3.64. The molecule has 2 aliphatic rings. The van der Waals surface area contributed by atoms with Crippen molar-refractivity contribution in [2.75, 3.05) is 13.1 Å². The van der Waals surface area contributed by atoms with Crippen molar-refractivity contribution in [2.24, 2.45) is 5.92 Å². The van der Waals surface area contributed by atoms with Crippen LogP contribution < -0.4 is 10.1 Å². The molecule has 154 valence electrons. The highest BCUT2D eigenvalue weighted by Crippen LogP contribution is 2.32. The molecule has 0 bridgehead atoms. The van der Waals surface area contributed by atoms with Gasteiger partial charge < -0.3 is 19.5 Å². The number of hydrogen-bond acceptors (Lipinski definition) is 5. The average molecular weight is 418 g/mol. The van der Waals surface area contributed by atoms with Crippen LogP contribution in [0.25, 0.3) is 0 Å². The molecule has 4 rings (SSSR count). The minimum absolute atomic E-state index is 0.151. The molecule has 2 amide bonds. The van der Waals surface area contributed by atoms with Crippen molar-refractivity contribution < 1.29 is 18.8 Å². The SMILES string of the molecule is Cc1cc(OCc2cc(C(=O)NC[C@@H]3CC(=O)N(C4CC4)C3)no2)cc(C)c1Cl. The number of rotatable bonds is 7. The molecule has 2 fully saturated rings. The van der Waals surface area contributed by atoms with Gasteiger partial charge in [-0.05, 0) is 49.9 Å². The standard InChI is InChI=1S/C21H24ClN3O4/c1-12-5-16(6-13(2)20(12)22)28-11-17-8-18(24-29-17)21(27)23-9-14-7-19(26)25(10-14)15-3-4-15/h5-6,8,14-15H,3-4,7,9-11H2,1-2H3,(H,23,27)/t14-/m0/s1. The number of aromatic nitrogens is 1. The third kappa shape index (κ3) is 4.56. The summed E-state index contributed by atoms with van der Waals surface area (Å²) in [6.45, 7) is 5.17. The van der Waals surface area contributed by atoms with Crippen LogP contribution in [0.2, 0.25) is 5.02 Å². The van der Waals surface area contributed by atoms with Crippen LogP contribution in [0.1, 0.15) is 46.6 Å². The van der Waals surface area contributed by atoms with Gasteiger partial charge in [-0.3, -0.25) is 9.59 Å². The minimum atomic E-state index is -0.310. The number of nitrogens with one attached hydrogen (secondary N) is 1. The van der Waals surface area contributed by atoms with E-state index in [4.69, 9.17) is 20.9 Å². The number of benzene rings is 1. The minimum Gasteiger partial charge on any atom is -0.486 e. The van der Waals surface area contributed by atoms with Crippen LogP contribution in [-0.2, 0) is 11.4 Å². The molecule has 0 radical (unpaired) electrons. The first-order valence-electron chi connectivity index (χ1n) is 9.83. The molecule has 7 nitrogen and oxygen atoms in total. The molecule has 2 aromatic rings. The number of nitrogens with zero attached hydrogens (tertiary/aromatic N) is 2. The van der Waals surface area contributed by atoms with Crippen molar-refractivity contribution >= 4 is 23.4 Å². The molecule has 29 heavy (non-hydrogen) atoms. The van der Waals surface area contributed by atoms with Gasteiger partial charge in [-0.1, -0.05) is 16.8 Å². The molecule has 1 aliphatic carbocycles. The van der Waals surface area contributed by atoms with Crippen LogP contribution in [0.5, 0.6) is 5.75 Å². The maximum atomic E-state index is 12.3. The summed E-state index contributed by atoms with van der Waals surface area (Å²) in [5, 5.41) is 7.40. The van der Waals surface area contributed by atoms with Crippen LogP contribution in [0, 0.1) is 19.8 Å². The summed E-state index contributed by atoms with van der Waals surface area (Å²) in [5.41, 5.74) is 2.07.